The summed E-state index contributed by atoms with van der Waals surface area (Å²) in [4.78, 5) is 25.2. The van der Waals surface area contributed by atoms with E-state index in [9.17, 15) is 18.0 Å². The molecule has 0 atom stereocenters. The molecule has 1 aromatic heterocycles. The van der Waals surface area contributed by atoms with Gasteiger partial charge in [0.1, 0.15) is 0 Å². The monoisotopic (exact) mass is 435 g/mol. The zero-order valence-electron chi connectivity index (χ0n) is 16.3. The van der Waals surface area contributed by atoms with Gasteiger partial charge in [0.25, 0.3) is 11.8 Å². The maximum Gasteiger partial charge on any atom is 0.265 e. The van der Waals surface area contributed by atoms with E-state index >= 15 is 0 Å². The van der Waals surface area contributed by atoms with Crippen LogP contribution in [0.5, 0.6) is 0 Å². The second-order valence-corrected chi connectivity index (χ2v) is 10.0. The predicted octanol–water partition coefficient (Wildman–Crippen LogP) is 2.93. The molecule has 1 fully saturated rings. The standard InChI is InChI=1S/C20H25N3O4S2/c1-2-14-29(26,27)23-11-9-17(10-12-23)21-19(24)15-5-7-16(8-6-15)22-20(25)18-4-3-13-28-18/h3-8,13,17H,2,9-12,14H2,1H3,(H,21,24)(H,22,25). The molecule has 156 valence electrons. The number of carbonyl (C=O) groups is 2. The Balaban J connectivity index is 1.51. The quantitative estimate of drug-likeness (QED) is 0.699. The summed E-state index contributed by atoms with van der Waals surface area (Å²) in [5.74, 6) is -0.211. The van der Waals surface area contributed by atoms with Gasteiger partial charge in [-0.3, -0.25) is 9.59 Å². The average Bonchev–Trinajstić information content (AvgIpc) is 3.24. The van der Waals surface area contributed by atoms with Gasteiger partial charge in [-0.15, -0.1) is 11.3 Å². The van der Waals surface area contributed by atoms with Gasteiger partial charge in [0.05, 0.1) is 10.6 Å². The van der Waals surface area contributed by atoms with Gasteiger partial charge in [-0.1, -0.05) is 13.0 Å². The molecule has 29 heavy (non-hydrogen) atoms. The van der Waals surface area contributed by atoms with E-state index in [1.165, 1.54) is 15.6 Å². The number of nitrogens with zero attached hydrogens (tertiary/aromatic N) is 1. The van der Waals surface area contributed by atoms with E-state index in [0.717, 1.165) is 0 Å². The maximum absolute atomic E-state index is 12.5. The molecule has 1 aromatic carbocycles. The minimum atomic E-state index is -3.18. The summed E-state index contributed by atoms with van der Waals surface area (Å²) in [5, 5.41) is 7.61. The van der Waals surface area contributed by atoms with E-state index in [1.807, 2.05) is 18.4 Å². The molecule has 0 spiro atoms. The lowest BCUT2D eigenvalue weighted by molar-refractivity contribution is 0.0923. The molecule has 0 aliphatic carbocycles. The first-order chi connectivity index (χ1) is 13.9. The van der Waals surface area contributed by atoms with Gasteiger partial charge in [-0.25, -0.2) is 12.7 Å². The Kier molecular flexibility index (Phi) is 7.05. The molecule has 2 amide bonds. The average molecular weight is 436 g/mol. The van der Waals surface area contributed by atoms with Crippen molar-refractivity contribution >= 4 is 38.9 Å². The van der Waals surface area contributed by atoms with E-state index in [2.05, 4.69) is 10.6 Å². The number of anilines is 1. The minimum absolute atomic E-state index is 0.0474. The first kappa shape index (κ1) is 21.5. The molecule has 2 N–H and O–H groups in total. The Morgan fingerprint density at radius 3 is 2.38 bits per heavy atom. The Bertz CT molecular complexity index is 933. The molecule has 1 saturated heterocycles. The summed E-state index contributed by atoms with van der Waals surface area (Å²) in [6, 6.07) is 10.2. The molecule has 1 aliphatic heterocycles. The lowest BCUT2D eigenvalue weighted by Gasteiger charge is -2.31. The number of amides is 2. The first-order valence-electron chi connectivity index (χ1n) is 9.62. The van der Waals surface area contributed by atoms with Crippen molar-refractivity contribution in [3.05, 3.63) is 52.2 Å². The van der Waals surface area contributed by atoms with Crippen LogP contribution in [0.2, 0.25) is 0 Å². The highest BCUT2D eigenvalue weighted by Gasteiger charge is 2.28. The molecule has 2 heterocycles. The Labute approximate surface area is 175 Å². The number of rotatable bonds is 7. The molecular weight excluding hydrogens is 410 g/mol. The normalized spacial score (nSPS) is 15.8. The van der Waals surface area contributed by atoms with Crippen LogP contribution in [-0.4, -0.2) is 49.4 Å². The van der Waals surface area contributed by atoms with Crippen molar-refractivity contribution in [3.8, 4) is 0 Å². The van der Waals surface area contributed by atoms with Crippen LogP contribution < -0.4 is 10.6 Å². The molecule has 3 rings (SSSR count). The summed E-state index contributed by atoms with van der Waals surface area (Å²) < 4.78 is 25.8. The number of hydrogen-bond donors (Lipinski definition) is 2. The van der Waals surface area contributed by atoms with E-state index in [-0.39, 0.29) is 23.6 Å². The van der Waals surface area contributed by atoms with E-state index in [4.69, 9.17) is 0 Å². The fourth-order valence-corrected chi connectivity index (χ4v) is 5.40. The fraction of sp³-hybridized carbons (Fsp3) is 0.400. The summed E-state index contributed by atoms with van der Waals surface area (Å²) in [5.41, 5.74) is 1.12. The van der Waals surface area contributed by atoms with E-state index in [1.54, 1.807) is 30.3 Å². The van der Waals surface area contributed by atoms with Gasteiger partial charge >= 0.3 is 0 Å². The second kappa shape index (κ2) is 9.51. The van der Waals surface area contributed by atoms with Gasteiger partial charge in [0.2, 0.25) is 10.0 Å². The van der Waals surface area contributed by atoms with Crippen LogP contribution in [-0.2, 0) is 10.0 Å². The van der Waals surface area contributed by atoms with Gasteiger partial charge in [-0.2, -0.15) is 0 Å². The van der Waals surface area contributed by atoms with Crippen molar-refractivity contribution in [3.63, 3.8) is 0 Å². The number of thiophene rings is 1. The maximum atomic E-state index is 12.5. The van der Waals surface area contributed by atoms with Crippen molar-refractivity contribution in [2.24, 2.45) is 0 Å². The number of carbonyl (C=O) groups excluding carboxylic acids is 2. The van der Waals surface area contributed by atoms with Crippen LogP contribution in [0.3, 0.4) is 0 Å². The molecule has 0 bridgehead atoms. The molecule has 0 saturated carbocycles. The number of sulfonamides is 1. The van der Waals surface area contributed by atoms with Gasteiger partial charge in [-0.05, 0) is 55.0 Å². The van der Waals surface area contributed by atoms with E-state index < -0.39 is 10.0 Å². The summed E-state index contributed by atoms with van der Waals surface area (Å²) in [6.45, 7) is 2.71. The van der Waals surface area contributed by atoms with Crippen LogP contribution >= 0.6 is 11.3 Å². The van der Waals surface area contributed by atoms with Crippen molar-refractivity contribution in [2.75, 3.05) is 24.2 Å². The number of benzene rings is 1. The highest BCUT2D eigenvalue weighted by molar-refractivity contribution is 7.89. The molecule has 2 aromatic rings. The molecule has 0 radical (unpaired) electrons. The van der Waals surface area contributed by atoms with Crippen molar-refractivity contribution < 1.29 is 18.0 Å². The summed E-state index contributed by atoms with van der Waals surface area (Å²) in [6.07, 6.45) is 1.80. The molecule has 0 unspecified atom stereocenters. The topological polar surface area (TPSA) is 95.6 Å². The lowest BCUT2D eigenvalue weighted by atomic mass is 10.1. The highest BCUT2D eigenvalue weighted by Crippen LogP contribution is 2.17. The third kappa shape index (κ3) is 5.65. The minimum Gasteiger partial charge on any atom is -0.349 e. The molecular formula is C20H25N3O4S2. The van der Waals surface area contributed by atoms with Gasteiger partial charge in [0.15, 0.2) is 0 Å². The molecule has 9 heteroatoms. The van der Waals surface area contributed by atoms with Crippen molar-refractivity contribution in [1.29, 1.82) is 0 Å². The number of nitrogens with one attached hydrogen (secondary N) is 2. The second-order valence-electron chi connectivity index (χ2n) is 6.97. The van der Waals surface area contributed by atoms with Crippen LogP contribution in [0.4, 0.5) is 5.69 Å². The SMILES string of the molecule is CCCS(=O)(=O)N1CCC(NC(=O)c2ccc(NC(=O)c3cccs3)cc2)CC1. The Morgan fingerprint density at radius 2 is 1.79 bits per heavy atom. The molecule has 1 aliphatic rings. The summed E-state index contributed by atoms with van der Waals surface area (Å²) >= 11 is 1.36. The van der Waals surface area contributed by atoms with Gasteiger partial charge in [0, 0.05) is 30.4 Å². The van der Waals surface area contributed by atoms with Crippen molar-refractivity contribution in [1.82, 2.24) is 9.62 Å². The van der Waals surface area contributed by atoms with E-state index in [0.29, 0.717) is 48.5 Å². The highest BCUT2D eigenvalue weighted by atomic mass is 32.2. The Hall–Kier alpha value is -2.23. The smallest absolute Gasteiger partial charge is 0.265 e. The zero-order chi connectivity index (χ0) is 20.9. The Morgan fingerprint density at radius 1 is 1.10 bits per heavy atom. The number of piperidine rings is 1. The predicted molar refractivity (Wildman–Crippen MR) is 115 cm³/mol. The van der Waals surface area contributed by atoms with Crippen molar-refractivity contribution in [2.45, 2.75) is 32.2 Å². The van der Waals surface area contributed by atoms with Gasteiger partial charge < -0.3 is 10.6 Å². The van der Waals surface area contributed by atoms with Crippen LogP contribution in [0.15, 0.2) is 41.8 Å². The van der Waals surface area contributed by atoms with Crippen LogP contribution in [0, 0.1) is 0 Å². The fourth-order valence-electron chi connectivity index (χ4n) is 3.24. The molecule has 7 nitrogen and oxygen atoms in total. The summed E-state index contributed by atoms with van der Waals surface area (Å²) in [7, 11) is -3.18. The lowest BCUT2D eigenvalue weighted by Crippen LogP contribution is -2.47. The first-order valence-corrected chi connectivity index (χ1v) is 12.1. The third-order valence-corrected chi connectivity index (χ3v) is 7.74. The van der Waals surface area contributed by atoms with Crippen LogP contribution in [0.25, 0.3) is 0 Å². The third-order valence-electron chi connectivity index (χ3n) is 4.79. The van der Waals surface area contributed by atoms with Crippen LogP contribution in [0.1, 0.15) is 46.2 Å². The zero-order valence-corrected chi connectivity index (χ0v) is 17.9. The largest absolute Gasteiger partial charge is 0.349 e. The number of hydrogen-bond acceptors (Lipinski definition) is 5.